The molecule has 41 heavy (non-hydrogen) atoms. The number of hydrogen-bond donors (Lipinski definition) is 3. The van der Waals surface area contributed by atoms with Crippen molar-refractivity contribution < 1.29 is 4.42 Å². The molecule has 9 aromatic rings. The van der Waals surface area contributed by atoms with Crippen LogP contribution in [-0.4, -0.2) is 19.9 Å². The fourth-order valence-electron chi connectivity index (χ4n) is 6.08. The highest BCUT2D eigenvalue weighted by Crippen LogP contribution is 2.52. The third-order valence-corrected chi connectivity index (χ3v) is 9.08. The van der Waals surface area contributed by atoms with E-state index in [9.17, 15) is 0 Å². The zero-order valence-corrected chi connectivity index (χ0v) is 22.5. The number of imidazole rings is 1. The molecular weight excluding hydrogens is 524 g/mol. The van der Waals surface area contributed by atoms with Gasteiger partial charge in [0.15, 0.2) is 0 Å². The van der Waals surface area contributed by atoms with Gasteiger partial charge in [-0.2, -0.15) is 0 Å². The summed E-state index contributed by atoms with van der Waals surface area (Å²) in [5, 5.41) is 5.78. The van der Waals surface area contributed by atoms with Crippen LogP contribution in [0.2, 0.25) is 0 Å². The molecule has 0 aliphatic rings. The van der Waals surface area contributed by atoms with Crippen LogP contribution in [0.15, 0.2) is 120 Å². The van der Waals surface area contributed by atoms with Crippen LogP contribution in [0.25, 0.3) is 87.3 Å². The number of benzene rings is 4. The molecule has 9 rings (SSSR count). The van der Waals surface area contributed by atoms with E-state index in [1.54, 1.807) is 17.5 Å². The number of nitrogens with zero attached hydrogens (tertiary/aromatic N) is 1. The fourth-order valence-corrected chi connectivity index (χ4v) is 7.25. The maximum Gasteiger partial charge on any atom is 0.146 e. The van der Waals surface area contributed by atoms with Gasteiger partial charge in [0.05, 0.1) is 10.6 Å². The Morgan fingerprint density at radius 1 is 0.732 bits per heavy atom. The summed E-state index contributed by atoms with van der Waals surface area (Å²) >= 11 is 1.76. The summed E-state index contributed by atoms with van der Waals surface area (Å²) in [4.78, 5) is 16.5. The number of furan rings is 1. The van der Waals surface area contributed by atoms with E-state index in [4.69, 9.17) is 4.42 Å². The van der Waals surface area contributed by atoms with Gasteiger partial charge in [0.1, 0.15) is 17.2 Å². The predicted octanol–water partition coefficient (Wildman–Crippen LogP) is 10.0. The van der Waals surface area contributed by atoms with Crippen molar-refractivity contribution in [3.05, 3.63) is 116 Å². The Morgan fingerprint density at radius 2 is 1.56 bits per heavy atom. The minimum atomic E-state index is 0.833. The molecule has 3 N–H and O–H groups in total. The Bertz CT molecular complexity index is 2320. The van der Waals surface area contributed by atoms with E-state index in [-0.39, 0.29) is 0 Å². The van der Waals surface area contributed by atoms with Crippen molar-refractivity contribution >= 4 is 54.1 Å². The molecule has 0 fully saturated rings. The smallest absolute Gasteiger partial charge is 0.146 e. The van der Waals surface area contributed by atoms with Crippen molar-refractivity contribution in [2.75, 3.05) is 0 Å². The Labute approximate surface area is 238 Å². The number of H-pyrrole nitrogens is 3. The van der Waals surface area contributed by atoms with E-state index in [2.05, 4.69) is 111 Å². The molecule has 0 aliphatic heterocycles. The lowest BCUT2D eigenvalue weighted by atomic mass is 9.94. The maximum absolute atomic E-state index is 6.50. The lowest BCUT2D eigenvalue weighted by Crippen LogP contribution is -1.90. The maximum atomic E-state index is 6.50. The first-order valence-corrected chi connectivity index (χ1v) is 14.4. The van der Waals surface area contributed by atoms with Crippen molar-refractivity contribution in [2.24, 2.45) is 0 Å². The summed E-state index contributed by atoms with van der Waals surface area (Å²) in [6.45, 7) is 0. The second-order valence-electron chi connectivity index (χ2n) is 10.3. The van der Waals surface area contributed by atoms with Gasteiger partial charge < -0.3 is 19.4 Å². The van der Waals surface area contributed by atoms with Gasteiger partial charge in [0.2, 0.25) is 0 Å². The molecular formula is C35H22N4OS. The van der Waals surface area contributed by atoms with Gasteiger partial charge in [0.25, 0.3) is 0 Å². The van der Waals surface area contributed by atoms with E-state index in [0.717, 1.165) is 61.0 Å². The van der Waals surface area contributed by atoms with Crippen LogP contribution in [0.3, 0.4) is 0 Å². The van der Waals surface area contributed by atoms with E-state index in [1.165, 1.54) is 26.2 Å². The molecule has 5 aromatic heterocycles. The van der Waals surface area contributed by atoms with Crippen molar-refractivity contribution in [1.29, 1.82) is 0 Å². The second kappa shape index (κ2) is 8.58. The van der Waals surface area contributed by atoms with Gasteiger partial charge in [0, 0.05) is 72.7 Å². The van der Waals surface area contributed by atoms with Gasteiger partial charge in [-0.25, -0.2) is 4.98 Å². The molecule has 5 nitrogen and oxygen atoms in total. The highest BCUT2D eigenvalue weighted by molar-refractivity contribution is 7.23. The van der Waals surface area contributed by atoms with Crippen LogP contribution in [0.4, 0.5) is 0 Å². The number of para-hydroxylation sites is 2. The van der Waals surface area contributed by atoms with Crippen LogP contribution in [0, 0.1) is 0 Å². The Hall–Kier alpha value is -5.33. The summed E-state index contributed by atoms with van der Waals surface area (Å²) in [7, 11) is 0. The number of nitrogens with one attached hydrogen (secondary N) is 3. The lowest BCUT2D eigenvalue weighted by Gasteiger charge is -2.11. The molecule has 0 unspecified atom stereocenters. The first kappa shape index (κ1) is 22.5. The highest BCUT2D eigenvalue weighted by Gasteiger charge is 2.26. The molecule has 4 aromatic carbocycles. The minimum Gasteiger partial charge on any atom is -0.455 e. The van der Waals surface area contributed by atoms with Crippen LogP contribution in [0.1, 0.15) is 0 Å². The normalized spacial score (nSPS) is 11.9. The average molecular weight is 547 g/mol. The zero-order chi connectivity index (χ0) is 26.9. The Balaban J connectivity index is 1.46. The quantitative estimate of drug-likeness (QED) is 0.205. The predicted molar refractivity (Wildman–Crippen MR) is 169 cm³/mol. The fraction of sp³-hybridized carbons (Fsp3) is 0. The number of aromatic amines is 3. The molecule has 0 amide bonds. The molecule has 0 bridgehead atoms. The molecule has 194 valence electrons. The lowest BCUT2D eigenvalue weighted by molar-refractivity contribution is 0.633. The van der Waals surface area contributed by atoms with E-state index >= 15 is 0 Å². The summed E-state index contributed by atoms with van der Waals surface area (Å²) in [5.41, 5.74) is 7.40. The van der Waals surface area contributed by atoms with Crippen LogP contribution < -0.4 is 0 Å². The summed E-state index contributed by atoms with van der Waals surface area (Å²) in [6.07, 6.45) is 5.78. The van der Waals surface area contributed by atoms with E-state index < -0.39 is 0 Å². The van der Waals surface area contributed by atoms with Crippen molar-refractivity contribution in [1.82, 2.24) is 19.9 Å². The number of aromatic nitrogens is 4. The highest BCUT2D eigenvalue weighted by atomic mass is 32.1. The van der Waals surface area contributed by atoms with Crippen LogP contribution in [-0.2, 0) is 0 Å². The summed E-state index contributed by atoms with van der Waals surface area (Å²) < 4.78 is 7.68. The van der Waals surface area contributed by atoms with E-state index in [1.807, 2.05) is 18.3 Å². The minimum absolute atomic E-state index is 0.833. The number of thiophene rings is 1. The SMILES string of the molecule is c1ccc2[nH]c(-c3c(-c4ncc[nH]4)ccc4sc(-c5cc6ccccc6o5)c(-c5[nH]cc6ccccc56)c34)cc2c1. The van der Waals surface area contributed by atoms with Gasteiger partial charge in [-0.1, -0.05) is 60.7 Å². The average Bonchev–Trinajstić information content (AvgIpc) is 3.84. The molecule has 0 spiro atoms. The monoisotopic (exact) mass is 546 g/mol. The third-order valence-electron chi connectivity index (χ3n) is 7.91. The largest absolute Gasteiger partial charge is 0.455 e. The van der Waals surface area contributed by atoms with Gasteiger partial charge in [-0.15, -0.1) is 11.3 Å². The van der Waals surface area contributed by atoms with Crippen molar-refractivity contribution in [2.45, 2.75) is 0 Å². The topological polar surface area (TPSA) is 73.4 Å². The molecule has 0 saturated heterocycles. The molecule has 0 aliphatic carbocycles. The first-order chi connectivity index (χ1) is 20.3. The Kier molecular flexibility index (Phi) is 4.71. The van der Waals surface area contributed by atoms with E-state index in [0.29, 0.717) is 0 Å². The first-order valence-electron chi connectivity index (χ1n) is 13.5. The second-order valence-corrected chi connectivity index (χ2v) is 11.3. The van der Waals surface area contributed by atoms with Crippen molar-refractivity contribution in [3.63, 3.8) is 0 Å². The molecule has 0 radical (unpaired) electrons. The third kappa shape index (κ3) is 3.38. The summed E-state index contributed by atoms with van der Waals surface area (Å²) in [6, 6.07) is 33.9. The number of rotatable bonds is 4. The van der Waals surface area contributed by atoms with Crippen molar-refractivity contribution in [3.8, 4) is 44.5 Å². The Morgan fingerprint density at radius 3 is 2.41 bits per heavy atom. The number of hydrogen-bond acceptors (Lipinski definition) is 3. The molecule has 0 atom stereocenters. The standard InChI is InChI=1S/C35H22N4OS/c1-4-10-23-22(9-1)19-38-33(23)32-31-29(41-34(32)28-18-21-8-3-6-12-27(21)40-28)14-13-24(35-36-15-16-37-35)30(31)26-17-20-7-2-5-11-25(20)39-26/h1-19,38-39H,(H,36,37). The van der Waals surface area contributed by atoms with Gasteiger partial charge in [-0.05, 0) is 41.8 Å². The van der Waals surface area contributed by atoms with Crippen LogP contribution >= 0.6 is 11.3 Å². The van der Waals surface area contributed by atoms with Gasteiger partial charge in [-0.3, -0.25) is 0 Å². The molecule has 5 heterocycles. The molecule has 0 saturated carbocycles. The number of fused-ring (bicyclic) bond motifs is 4. The summed E-state index contributed by atoms with van der Waals surface area (Å²) in [5.74, 6) is 1.70. The molecule has 6 heteroatoms. The van der Waals surface area contributed by atoms with Gasteiger partial charge >= 0.3 is 0 Å². The zero-order valence-electron chi connectivity index (χ0n) is 21.7. The van der Waals surface area contributed by atoms with Crippen LogP contribution in [0.5, 0.6) is 0 Å².